The van der Waals surface area contributed by atoms with Crippen LogP contribution in [0, 0.1) is 19.7 Å². The molecule has 0 radical (unpaired) electrons. The molecule has 0 aliphatic carbocycles. The van der Waals surface area contributed by atoms with Gasteiger partial charge in [-0.15, -0.1) is 0 Å². The second-order valence-corrected chi connectivity index (χ2v) is 4.00. The predicted octanol–water partition coefficient (Wildman–Crippen LogP) is 2.00. The van der Waals surface area contributed by atoms with Crippen molar-refractivity contribution in [2.45, 2.75) is 13.8 Å². The summed E-state index contributed by atoms with van der Waals surface area (Å²) in [6.45, 7) is 3.56. The largest absolute Gasteiger partial charge is 0.396 e. The molecule has 0 spiro atoms. The van der Waals surface area contributed by atoms with E-state index in [1.54, 1.807) is 13.8 Å². The maximum Gasteiger partial charge on any atom is 0.255 e. The Labute approximate surface area is 103 Å². The molecule has 6 heteroatoms. The fourth-order valence-corrected chi connectivity index (χ4v) is 1.59. The van der Waals surface area contributed by atoms with E-state index in [2.05, 4.69) is 15.5 Å². The van der Waals surface area contributed by atoms with E-state index in [-0.39, 0.29) is 11.3 Å². The molecule has 0 bridgehead atoms. The van der Waals surface area contributed by atoms with Crippen molar-refractivity contribution in [3.05, 3.63) is 41.0 Å². The molecular weight excluding hydrogens is 235 g/mol. The first-order valence-corrected chi connectivity index (χ1v) is 5.37. The number of nitrogens with one attached hydrogen (secondary N) is 2. The van der Waals surface area contributed by atoms with Crippen molar-refractivity contribution in [3.63, 3.8) is 0 Å². The third kappa shape index (κ3) is 2.17. The number of H-pyrrole nitrogens is 1. The number of carbonyl (C=O) groups is 1. The fraction of sp³-hybridized carbons (Fsp3) is 0.167. The molecule has 0 saturated heterocycles. The predicted molar refractivity (Wildman–Crippen MR) is 66.8 cm³/mol. The number of halogens is 1. The highest BCUT2D eigenvalue weighted by molar-refractivity contribution is 6.05. The summed E-state index contributed by atoms with van der Waals surface area (Å²) in [5.74, 6) is -1.01. The third-order valence-electron chi connectivity index (χ3n) is 2.63. The summed E-state index contributed by atoms with van der Waals surface area (Å²) in [6.07, 6.45) is 0. The molecule has 1 amide bonds. The van der Waals surface area contributed by atoms with Gasteiger partial charge in [-0.3, -0.25) is 9.89 Å². The zero-order valence-electron chi connectivity index (χ0n) is 10.0. The summed E-state index contributed by atoms with van der Waals surface area (Å²) >= 11 is 0. The molecule has 2 rings (SSSR count). The van der Waals surface area contributed by atoms with Crippen molar-refractivity contribution in [2.24, 2.45) is 0 Å². The van der Waals surface area contributed by atoms with Crippen LogP contribution in [-0.2, 0) is 0 Å². The van der Waals surface area contributed by atoms with Crippen molar-refractivity contribution < 1.29 is 9.18 Å². The van der Waals surface area contributed by atoms with Gasteiger partial charge in [0.1, 0.15) is 5.82 Å². The van der Waals surface area contributed by atoms with E-state index in [4.69, 9.17) is 5.73 Å². The van der Waals surface area contributed by atoms with Gasteiger partial charge in [-0.25, -0.2) is 4.39 Å². The number of aromatic amines is 1. The van der Waals surface area contributed by atoms with E-state index in [9.17, 15) is 9.18 Å². The van der Waals surface area contributed by atoms with E-state index < -0.39 is 11.7 Å². The number of carbonyl (C=O) groups excluding carboxylic acids is 1. The van der Waals surface area contributed by atoms with Crippen molar-refractivity contribution in [1.82, 2.24) is 10.2 Å². The first-order valence-electron chi connectivity index (χ1n) is 5.37. The number of nitrogens with two attached hydrogens (primary N) is 1. The molecule has 4 N–H and O–H groups in total. The van der Waals surface area contributed by atoms with Gasteiger partial charge >= 0.3 is 0 Å². The maximum atomic E-state index is 13.3. The quantitative estimate of drug-likeness (QED) is 0.711. The van der Waals surface area contributed by atoms with Gasteiger partial charge in [-0.2, -0.15) is 5.10 Å². The average Bonchev–Trinajstić information content (AvgIpc) is 2.64. The van der Waals surface area contributed by atoms with Gasteiger partial charge < -0.3 is 11.1 Å². The van der Waals surface area contributed by atoms with Crippen LogP contribution in [0.4, 0.5) is 15.8 Å². The lowest BCUT2D eigenvalue weighted by molar-refractivity contribution is 0.102. The first kappa shape index (κ1) is 12.1. The number of nitrogen functional groups attached to an aromatic ring is 1. The van der Waals surface area contributed by atoms with Crippen LogP contribution >= 0.6 is 0 Å². The van der Waals surface area contributed by atoms with Crippen LogP contribution < -0.4 is 11.1 Å². The molecule has 0 aliphatic heterocycles. The minimum Gasteiger partial charge on any atom is -0.396 e. The number of aryl methyl sites for hydroxylation is 2. The van der Waals surface area contributed by atoms with Gasteiger partial charge in [0.15, 0.2) is 0 Å². The van der Waals surface area contributed by atoms with Crippen LogP contribution in [-0.4, -0.2) is 16.1 Å². The highest BCUT2D eigenvalue weighted by Crippen LogP contribution is 2.18. The fourth-order valence-electron chi connectivity index (χ4n) is 1.59. The molecule has 2 aromatic rings. The summed E-state index contributed by atoms with van der Waals surface area (Å²) in [5.41, 5.74) is 7.61. The van der Waals surface area contributed by atoms with Crippen molar-refractivity contribution in [1.29, 1.82) is 0 Å². The van der Waals surface area contributed by atoms with E-state index in [1.807, 2.05) is 0 Å². The molecule has 0 unspecified atom stereocenters. The number of nitrogens with zero attached hydrogens (tertiary/aromatic N) is 1. The van der Waals surface area contributed by atoms with Crippen molar-refractivity contribution >= 4 is 17.3 Å². The van der Waals surface area contributed by atoms with Crippen LogP contribution in [0.2, 0.25) is 0 Å². The van der Waals surface area contributed by atoms with E-state index in [0.29, 0.717) is 11.4 Å². The van der Waals surface area contributed by atoms with E-state index in [0.717, 1.165) is 11.8 Å². The van der Waals surface area contributed by atoms with Crippen LogP contribution in [0.25, 0.3) is 0 Å². The third-order valence-corrected chi connectivity index (χ3v) is 2.63. The molecular formula is C12H13FN4O. The zero-order chi connectivity index (χ0) is 13.3. The number of aromatic nitrogens is 2. The van der Waals surface area contributed by atoms with Gasteiger partial charge in [0.2, 0.25) is 0 Å². The molecule has 0 aliphatic rings. The molecule has 1 heterocycles. The molecule has 0 atom stereocenters. The normalized spacial score (nSPS) is 10.4. The van der Waals surface area contributed by atoms with Gasteiger partial charge in [-0.05, 0) is 32.0 Å². The van der Waals surface area contributed by atoms with Gasteiger partial charge in [0.05, 0.1) is 22.8 Å². The van der Waals surface area contributed by atoms with Crippen molar-refractivity contribution in [2.75, 3.05) is 11.1 Å². The lowest BCUT2D eigenvalue weighted by atomic mass is 10.2. The number of hydrogen-bond acceptors (Lipinski definition) is 3. The molecule has 1 aromatic heterocycles. The second kappa shape index (κ2) is 4.48. The first-order chi connectivity index (χ1) is 8.49. The molecule has 18 heavy (non-hydrogen) atoms. The minimum atomic E-state index is -0.608. The zero-order valence-corrected chi connectivity index (χ0v) is 10.0. The summed E-state index contributed by atoms with van der Waals surface area (Å²) in [5, 5.41) is 9.40. The molecule has 94 valence electrons. The molecule has 0 fully saturated rings. The molecule has 0 saturated carbocycles. The second-order valence-electron chi connectivity index (χ2n) is 4.00. The number of amides is 1. The Morgan fingerprint density at radius 1 is 1.44 bits per heavy atom. The minimum absolute atomic E-state index is 0.0159. The van der Waals surface area contributed by atoms with Crippen LogP contribution in [0.15, 0.2) is 18.2 Å². The van der Waals surface area contributed by atoms with E-state index in [1.165, 1.54) is 12.1 Å². The summed E-state index contributed by atoms with van der Waals surface area (Å²) in [4.78, 5) is 11.9. The lowest BCUT2D eigenvalue weighted by Gasteiger charge is -2.06. The SMILES string of the molecule is Cc1n[nH]c(C)c1NC(=O)c1ccc(N)c(F)c1. The van der Waals surface area contributed by atoms with Gasteiger partial charge in [-0.1, -0.05) is 0 Å². The topological polar surface area (TPSA) is 83.8 Å². The summed E-state index contributed by atoms with van der Waals surface area (Å²) in [6, 6.07) is 3.94. The summed E-state index contributed by atoms with van der Waals surface area (Å²) < 4.78 is 13.3. The summed E-state index contributed by atoms with van der Waals surface area (Å²) in [7, 11) is 0. The number of benzene rings is 1. The Balaban J connectivity index is 2.25. The van der Waals surface area contributed by atoms with Gasteiger partial charge in [0.25, 0.3) is 5.91 Å². The highest BCUT2D eigenvalue weighted by atomic mass is 19.1. The van der Waals surface area contributed by atoms with E-state index >= 15 is 0 Å². The molecule has 1 aromatic carbocycles. The Kier molecular flexibility index (Phi) is 3.01. The average molecular weight is 248 g/mol. The maximum absolute atomic E-state index is 13.3. The number of anilines is 2. The lowest BCUT2D eigenvalue weighted by Crippen LogP contribution is -2.13. The monoisotopic (exact) mass is 248 g/mol. The Morgan fingerprint density at radius 3 is 2.72 bits per heavy atom. The van der Waals surface area contributed by atoms with Gasteiger partial charge in [0, 0.05) is 5.56 Å². The van der Waals surface area contributed by atoms with Crippen LogP contribution in [0.3, 0.4) is 0 Å². The number of hydrogen-bond donors (Lipinski definition) is 3. The van der Waals surface area contributed by atoms with Crippen molar-refractivity contribution in [3.8, 4) is 0 Å². The standard InChI is InChI=1S/C12H13FN4O/c1-6-11(7(2)17-16-6)15-12(18)8-3-4-10(14)9(13)5-8/h3-5H,14H2,1-2H3,(H,15,18)(H,16,17). The Morgan fingerprint density at radius 2 is 2.17 bits per heavy atom. The van der Waals surface area contributed by atoms with Crippen LogP contribution in [0.1, 0.15) is 21.7 Å². The Bertz CT molecular complexity index is 587. The smallest absolute Gasteiger partial charge is 0.255 e. The molecule has 5 nitrogen and oxygen atoms in total. The number of rotatable bonds is 2. The Hall–Kier alpha value is -2.37. The highest BCUT2D eigenvalue weighted by Gasteiger charge is 2.13. The van der Waals surface area contributed by atoms with Crippen LogP contribution in [0.5, 0.6) is 0 Å².